The molecule has 2 amide bonds. The van der Waals surface area contributed by atoms with E-state index in [0.29, 0.717) is 32.5 Å². The number of hydrogen-bond acceptors (Lipinski definition) is 6. The Labute approximate surface area is 169 Å². The Morgan fingerprint density at radius 2 is 1.93 bits per heavy atom. The van der Waals surface area contributed by atoms with Gasteiger partial charge in [-0.1, -0.05) is 0 Å². The van der Waals surface area contributed by atoms with Crippen LogP contribution in [-0.2, 0) is 26.6 Å². The number of fused-ring (bicyclic) bond motifs is 2. The molecule has 1 aromatic rings. The molecule has 5 rings (SSSR count). The fraction of sp³-hybridized carbons (Fsp3) is 0.722. The summed E-state index contributed by atoms with van der Waals surface area (Å²) in [4.78, 5) is 32.4. The summed E-state index contributed by atoms with van der Waals surface area (Å²) >= 11 is 0. The summed E-state index contributed by atoms with van der Waals surface area (Å²) in [5, 5.41) is 0.0117. The van der Waals surface area contributed by atoms with E-state index in [9.17, 15) is 18.0 Å². The van der Waals surface area contributed by atoms with Crippen LogP contribution in [0.15, 0.2) is 17.6 Å². The minimum absolute atomic E-state index is 0.0117. The van der Waals surface area contributed by atoms with Crippen molar-refractivity contribution >= 4 is 22.0 Å². The molecule has 1 aliphatic carbocycles. The second-order valence-corrected chi connectivity index (χ2v) is 10.4. The predicted molar refractivity (Wildman–Crippen MR) is 100 cm³/mol. The van der Waals surface area contributed by atoms with Gasteiger partial charge < -0.3 is 14.2 Å². The summed E-state index contributed by atoms with van der Waals surface area (Å²) in [7, 11) is -2.02. The molecule has 0 radical (unpaired) electrons. The van der Waals surface area contributed by atoms with E-state index in [0.717, 1.165) is 12.8 Å². The van der Waals surface area contributed by atoms with Crippen molar-refractivity contribution in [3.05, 3.63) is 12.5 Å². The van der Waals surface area contributed by atoms with Crippen molar-refractivity contribution in [3.63, 3.8) is 0 Å². The Kier molecular flexibility index (Phi) is 4.18. The minimum Gasteiger partial charge on any atom is -0.440 e. The van der Waals surface area contributed by atoms with Gasteiger partial charge in [-0.05, 0) is 12.8 Å². The first kappa shape index (κ1) is 18.9. The second kappa shape index (κ2) is 6.43. The van der Waals surface area contributed by atoms with Crippen LogP contribution in [0.25, 0.3) is 0 Å². The van der Waals surface area contributed by atoms with E-state index in [1.54, 1.807) is 16.5 Å². The number of carbonyl (C=O) groups excluding carboxylic acids is 2. The first-order valence-electron chi connectivity index (χ1n) is 10.1. The lowest BCUT2D eigenvalue weighted by Gasteiger charge is -2.44. The number of nitrogens with zero attached hydrogens (tertiary/aromatic N) is 5. The first-order valence-corrected chi connectivity index (χ1v) is 11.5. The molecule has 4 aliphatic rings. The van der Waals surface area contributed by atoms with Crippen molar-refractivity contribution in [1.82, 2.24) is 23.7 Å². The zero-order valence-electron chi connectivity index (χ0n) is 16.4. The van der Waals surface area contributed by atoms with E-state index in [2.05, 4.69) is 4.98 Å². The molecule has 1 atom stereocenters. The highest BCUT2D eigenvalue weighted by atomic mass is 32.2. The number of aromatic nitrogens is 2. The number of carbonyl (C=O) groups is 2. The molecule has 1 unspecified atom stereocenters. The Hall–Kier alpha value is -2.14. The van der Waals surface area contributed by atoms with Crippen LogP contribution in [-0.4, -0.2) is 88.4 Å². The molecular formula is C18H25N5O5S. The molecule has 3 saturated heterocycles. The van der Waals surface area contributed by atoms with E-state index >= 15 is 0 Å². The number of hydrogen-bond donors (Lipinski definition) is 0. The van der Waals surface area contributed by atoms with Gasteiger partial charge in [-0.15, -0.1) is 0 Å². The van der Waals surface area contributed by atoms with Crippen LogP contribution in [0.3, 0.4) is 0 Å². The average molecular weight is 423 g/mol. The molecule has 3 aliphatic heterocycles. The number of piperazine rings is 1. The van der Waals surface area contributed by atoms with Gasteiger partial charge in [0.25, 0.3) is 10.0 Å². The van der Waals surface area contributed by atoms with E-state index in [1.807, 2.05) is 4.90 Å². The Balaban J connectivity index is 1.35. The molecule has 158 valence electrons. The zero-order valence-corrected chi connectivity index (χ0v) is 17.2. The summed E-state index contributed by atoms with van der Waals surface area (Å²) in [6.45, 7) is 1.77. The fourth-order valence-electron chi connectivity index (χ4n) is 4.73. The van der Waals surface area contributed by atoms with Gasteiger partial charge in [-0.25, -0.2) is 18.2 Å². The normalized spacial score (nSPS) is 27.2. The largest absolute Gasteiger partial charge is 0.440 e. The SMILES string of the molecule is Cn1cnc(S(=O)(=O)N2CCN3C(=O)OC4(CCN(C(=O)C5CC5)CC4)C3C2)c1. The lowest BCUT2D eigenvalue weighted by molar-refractivity contribution is -0.136. The van der Waals surface area contributed by atoms with Crippen molar-refractivity contribution in [2.45, 2.75) is 42.4 Å². The molecule has 0 aromatic carbocycles. The van der Waals surface area contributed by atoms with Crippen LogP contribution in [0.2, 0.25) is 0 Å². The third kappa shape index (κ3) is 3.02. The lowest BCUT2D eigenvalue weighted by Crippen LogP contribution is -2.61. The summed E-state index contributed by atoms with van der Waals surface area (Å²) < 4.78 is 34.9. The van der Waals surface area contributed by atoms with E-state index in [1.165, 1.54) is 16.8 Å². The summed E-state index contributed by atoms with van der Waals surface area (Å²) in [5.41, 5.74) is -0.740. The van der Waals surface area contributed by atoms with Crippen LogP contribution in [0, 0.1) is 5.92 Å². The number of amides is 2. The number of rotatable bonds is 3. The van der Waals surface area contributed by atoms with Crippen molar-refractivity contribution < 1.29 is 22.7 Å². The molecule has 4 heterocycles. The smallest absolute Gasteiger partial charge is 0.410 e. The Morgan fingerprint density at radius 1 is 1.21 bits per heavy atom. The number of aryl methyl sites for hydroxylation is 1. The topological polar surface area (TPSA) is 105 Å². The van der Waals surface area contributed by atoms with E-state index in [4.69, 9.17) is 4.74 Å². The van der Waals surface area contributed by atoms with E-state index in [-0.39, 0.29) is 42.1 Å². The third-order valence-electron chi connectivity index (χ3n) is 6.61. The first-order chi connectivity index (χ1) is 13.8. The minimum atomic E-state index is -3.74. The monoisotopic (exact) mass is 423 g/mol. The lowest BCUT2D eigenvalue weighted by atomic mass is 9.83. The molecule has 1 aromatic heterocycles. The fourth-order valence-corrected chi connectivity index (χ4v) is 6.13. The number of sulfonamides is 1. The van der Waals surface area contributed by atoms with Crippen molar-refractivity contribution in [1.29, 1.82) is 0 Å². The number of piperidine rings is 1. The van der Waals surface area contributed by atoms with Gasteiger partial charge in [0, 0.05) is 64.7 Å². The van der Waals surface area contributed by atoms with Crippen LogP contribution in [0.4, 0.5) is 4.79 Å². The highest BCUT2D eigenvalue weighted by molar-refractivity contribution is 7.89. The molecule has 11 heteroatoms. The van der Waals surface area contributed by atoms with Crippen LogP contribution >= 0.6 is 0 Å². The highest BCUT2D eigenvalue weighted by Crippen LogP contribution is 2.42. The van der Waals surface area contributed by atoms with Crippen LogP contribution in [0.5, 0.6) is 0 Å². The molecular weight excluding hydrogens is 398 g/mol. The van der Waals surface area contributed by atoms with E-state index < -0.39 is 15.6 Å². The van der Waals surface area contributed by atoms with Crippen LogP contribution in [0.1, 0.15) is 25.7 Å². The third-order valence-corrected chi connectivity index (χ3v) is 8.36. The average Bonchev–Trinajstić information content (AvgIpc) is 3.41. The summed E-state index contributed by atoms with van der Waals surface area (Å²) in [5.74, 6) is 0.365. The molecule has 1 saturated carbocycles. The molecule has 4 fully saturated rings. The summed E-state index contributed by atoms with van der Waals surface area (Å²) in [6, 6.07) is -0.347. The summed E-state index contributed by atoms with van der Waals surface area (Å²) in [6.07, 6.45) is 5.56. The van der Waals surface area contributed by atoms with Gasteiger partial charge in [-0.2, -0.15) is 4.31 Å². The zero-order chi connectivity index (χ0) is 20.4. The van der Waals surface area contributed by atoms with Gasteiger partial charge in [0.05, 0.1) is 12.4 Å². The van der Waals surface area contributed by atoms with Gasteiger partial charge in [-0.3, -0.25) is 9.69 Å². The Morgan fingerprint density at radius 3 is 2.55 bits per heavy atom. The predicted octanol–water partition coefficient (Wildman–Crippen LogP) is 0.0164. The molecule has 29 heavy (non-hydrogen) atoms. The molecule has 10 nitrogen and oxygen atoms in total. The standard InChI is InChI=1S/C18H25N5O5S/c1-20-11-15(19-12-20)29(26,27)22-8-9-23-14(10-22)18(28-17(23)25)4-6-21(7-5-18)16(24)13-2-3-13/h11-14H,2-10H2,1H3. The highest BCUT2D eigenvalue weighted by Gasteiger charge is 2.58. The van der Waals surface area contributed by atoms with Gasteiger partial charge in [0.1, 0.15) is 5.60 Å². The Bertz CT molecular complexity index is 948. The number of likely N-dealkylation sites (tertiary alicyclic amines) is 1. The number of imidazole rings is 1. The van der Waals surface area contributed by atoms with Gasteiger partial charge in [0.15, 0.2) is 5.03 Å². The maximum Gasteiger partial charge on any atom is 0.410 e. The maximum absolute atomic E-state index is 13.0. The van der Waals surface area contributed by atoms with Gasteiger partial charge >= 0.3 is 6.09 Å². The van der Waals surface area contributed by atoms with Crippen molar-refractivity contribution in [3.8, 4) is 0 Å². The molecule has 0 bridgehead atoms. The molecule has 1 spiro atoms. The van der Waals surface area contributed by atoms with Crippen molar-refractivity contribution in [2.75, 3.05) is 32.7 Å². The number of ether oxygens (including phenoxy) is 1. The quantitative estimate of drug-likeness (QED) is 0.679. The molecule has 0 N–H and O–H groups in total. The maximum atomic E-state index is 13.0. The van der Waals surface area contributed by atoms with Gasteiger partial charge in [0.2, 0.25) is 5.91 Å². The van der Waals surface area contributed by atoms with Crippen LogP contribution < -0.4 is 0 Å². The van der Waals surface area contributed by atoms with Crippen molar-refractivity contribution in [2.24, 2.45) is 13.0 Å². The second-order valence-electron chi connectivity index (χ2n) is 8.48.